The summed E-state index contributed by atoms with van der Waals surface area (Å²) in [5.41, 5.74) is 0.727. The van der Waals surface area contributed by atoms with Crippen molar-refractivity contribution in [2.45, 2.75) is 56.1 Å². The van der Waals surface area contributed by atoms with Gasteiger partial charge in [-0.15, -0.1) is 0 Å². The molecule has 114 valence electrons. The summed E-state index contributed by atoms with van der Waals surface area (Å²) >= 11 is 7.81. The predicted octanol–water partition coefficient (Wildman–Crippen LogP) is 4.89. The number of hydrogen-bond donors (Lipinski definition) is 0. The molecule has 3 fully saturated rings. The lowest BCUT2D eigenvalue weighted by Gasteiger charge is -2.51. The molecule has 20 heavy (non-hydrogen) atoms. The first-order chi connectivity index (χ1) is 9.11. The van der Waals surface area contributed by atoms with Crippen molar-refractivity contribution in [1.82, 2.24) is 0 Å². The molecule has 0 spiro atoms. The number of ether oxygens (including phenoxy) is 1. The zero-order valence-corrected chi connectivity index (χ0v) is 15.9. The molecule has 0 heterocycles. The molecule has 0 aliphatic heterocycles. The fourth-order valence-electron chi connectivity index (χ4n) is 5.81. The molecule has 3 saturated carbocycles. The van der Waals surface area contributed by atoms with E-state index in [-0.39, 0.29) is 20.0 Å². The van der Waals surface area contributed by atoms with Crippen molar-refractivity contribution in [2.24, 2.45) is 28.1 Å². The molecular formula is C16H24Br2O2. The molecule has 3 rings (SSSR count). The highest BCUT2D eigenvalue weighted by molar-refractivity contribution is 9.25. The maximum Gasteiger partial charge on any atom is 0.306 e. The topological polar surface area (TPSA) is 26.3 Å². The minimum absolute atomic E-state index is 0.0349. The third-order valence-corrected chi connectivity index (χ3v) is 9.33. The number of esters is 1. The summed E-state index contributed by atoms with van der Waals surface area (Å²) in [6.07, 6.45) is 5.41. The Morgan fingerprint density at radius 3 is 2.45 bits per heavy atom. The van der Waals surface area contributed by atoms with Crippen LogP contribution in [0.1, 0.15) is 52.9 Å². The summed E-state index contributed by atoms with van der Waals surface area (Å²) in [7, 11) is 1.51. The molecule has 0 aromatic heterocycles. The minimum Gasteiger partial charge on any atom is -0.469 e. The number of carbonyl (C=O) groups excluding carboxylic acids is 1. The van der Waals surface area contributed by atoms with Crippen LogP contribution in [0.3, 0.4) is 0 Å². The van der Waals surface area contributed by atoms with Gasteiger partial charge in [-0.05, 0) is 47.3 Å². The van der Waals surface area contributed by atoms with E-state index in [1.807, 2.05) is 0 Å². The first-order valence-electron chi connectivity index (χ1n) is 7.55. The van der Waals surface area contributed by atoms with Crippen LogP contribution in [-0.2, 0) is 9.53 Å². The van der Waals surface area contributed by atoms with Crippen molar-refractivity contribution in [3.05, 3.63) is 0 Å². The van der Waals surface area contributed by atoms with Gasteiger partial charge in [0.1, 0.15) is 0 Å². The SMILES string of the molecule is COC(=O)C[C@@]12CCCC(C)(C)C1[C@H]1C(Br)(Br)[C@@]1(C)C2. The minimum atomic E-state index is -0.0349. The monoisotopic (exact) mass is 406 g/mol. The summed E-state index contributed by atoms with van der Waals surface area (Å²) in [5.74, 6) is 1.17. The second kappa shape index (κ2) is 4.24. The first kappa shape index (κ1) is 15.3. The molecule has 4 heteroatoms. The fourth-order valence-corrected chi connectivity index (χ4v) is 7.90. The average molecular weight is 408 g/mol. The number of halogens is 2. The summed E-state index contributed by atoms with van der Waals surface area (Å²) in [6, 6.07) is 0. The largest absolute Gasteiger partial charge is 0.469 e. The van der Waals surface area contributed by atoms with Gasteiger partial charge in [0.05, 0.1) is 16.8 Å². The highest BCUT2D eigenvalue weighted by Gasteiger charge is 2.83. The number of alkyl halides is 2. The van der Waals surface area contributed by atoms with Crippen LogP contribution in [0.4, 0.5) is 0 Å². The number of hydrogen-bond acceptors (Lipinski definition) is 2. The lowest BCUT2D eigenvalue weighted by molar-refractivity contribution is -0.147. The summed E-state index contributed by atoms with van der Waals surface area (Å²) in [6.45, 7) is 7.15. The van der Waals surface area contributed by atoms with Gasteiger partial charge in [0.15, 0.2) is 0 Å². The smallest absolute Gasteiger partial charge is 0.306 e. The van der Waals surface area contributed by atoms with Crippen LogP contribution < -0.4 is 0 Å². The van der Waals surface area contributed by atoms with Crippen molar-refractivity contribution in [3.8, 4) is 0 Å². The van der Waals surface area contributed by atoms with Gasteiger partial charge in [0.25, 0.3) is 0 Å². The van der Waals surface area contributed by atoms with E-state index in [0.29, 0.717) is 23.7 Å². The molecular weight excluding hydrogens is 384 g/mol. The van der Waals surface area contributed by atoms with E-state index < -0.39 is 0 Å². The van der Waals surface area contributed by atoms with Crippen molar-refractivity contribution in [1.29, 1.82) is 0 Å². The summed E-state index contributed by atoms with van der Waals surface area (Å²) in [5, 5.41) is 0. The van der Waals surface area contributed by atoms with Crippen LogP contribution in [0.25, 0.3) is 0 Å². The normalized spacial score (nSPS) is 47.3. The fraction of sp³-hybridized carbons (Fsp3) is 0.938. The molecule has 4 atom stereocenters. The Kier molecular flexibility index (Phi) is 3.25. The van der Waals surface area contributed by atoms with Gasteiger partial charge in [-0.3, -0.25) is 4.79 Å². The number of rotatable bonds is 2. The van der Waals surface area contributed by atoms with Crippen LogP contribution in [0.5, 0.6) is 0 Å². The quantitative estimate of drug-likeness (QED) is 0.481. The van der Waals surface area contributed by atoms with Crippen molar-refractivity contribution in [3.63, 3.8) is 0 Å². The van der Waals surface area contributed by atoms with Crippen LogP contribution in [0.2, 0.25) is 0 Å². The van der Waals surface area contributed by atoms with Crippen molar-refractivity contribution < 1.29 is 9.53 Å². The highest BCUT2D eigenvalue weighted by atomic mass is 79.9. The van der Waals surface area contributed by atoms with Crippen LogP contribution in [0.15, 0.2) is 0 Å². The Morgan fingerprint density at radius 2 is 1.85 bits per heavy atom. The van der Waals surface area contributed by atoms with E-state index in [0.717, 1.165) is 6.42 Å². The van der Waals surface area contributed by atoms with Gasteiger partial charge < -0.3 is 4.74 Å². The molecule has 0 amide bonds. The molecule has 1 unspecified atom stereocenters. The number of fused-ring (bicyclic) bond motifs is 3. The highest BCUT2D eigenvalue weighted by Crippen LogP contribution is 2.87. The standard InChI is InChI=1S/C16H24Br2O2/c1-13(2)6-5-7-15(8-10(19)20-4)9-14(3)12(11(13)15)16(14,17)18/h11-12H,5-9H2,1-4H3/t11?,12-,14+,15-/m1/s1. The molecule has 0 radical (unpaired) electrons. The van der Waals surface area contributed by atoms with E-state index in [9.17, 15) is 4.79 Å². The molecule has 0 saturated heterocycles. The second-order valence-electron chi connectivity index (χ2n) is 8.13. The Bertz CT molecular complexity index is 459. The molecule has 0 N–H and O–H groups in total. The zero-order chi connectivity index (χ0) is 15.0. The third-order valence-electron chi connectivity index (χ3n) is 6.53. The molecule has 0 aromatic rings. The lowest BCUT2D eigenvalue weighted by Crippen LogP contribution is -2.45. The Morgan fingerprint density at radius 1 is 1.20 bits per heavy atom. The van der Waals surface area contributed by atoms with E-state index in [4.69, 9.17) is 4.74 Å². The summed E-state index contributed by atoms with van der Waals surface area (Å²) < 4.78 is 5.07. The Hall–Kier alpha value is 0.430. The van der Waals surface area contributed by atoms with E-state index in [2.05, 4.69) is 52.6 Å². The van der Waals surface area contributed by atoms with Gasteiger partial charge in [0, 0.05) is 0 Å². The van der Waals surface area contributed by atoms with Crippen molar-refractivity contribution >= 4 is 37.8 Å². The third kappa shape index (κ3) is 1.76. The van der Waals surface area contributed by atoms with Crippen molar-refractivity contribution in [2.75, 3.05) is 7.11 Å². The molecule has 2 nitrogen and oxygen atoms in total. The number of carbonyl (C=O) groups is 1. The lowest BCUT2D eigenvalue weighted by atomic mass is 9.54. The van der Waals surface area contributed by atoms with Gasteiger partial charge in [-0.2, -0.15) is 0 Å². The molecule has 3 aliphatic carbocycles. The zero-order valence-electron chi connectivity index (χ0n) is 12.8. The van der Waals surface area contributed by atoms with Gasteiger partial charge >= 0.3 is 5.97 Å². The van der Waals surface area contributed by atoms with E-state index in [1.54, 1.807) is 0 Å². The molecule has 0 bridgehead atoms. The Balaban J connectivity index is 1.99. The average Bonchev–Trinajstić information content (AvgIpc) is 2.64. The van der Waals surface area contributed by atoms with Gasteiger partial charge in [-0.1, -0.05) is 59.1 Å². The second-order valence-corrected chi connectivity index (χ2v) is 11.7. The number of methoxy groups -OCH3 is 1. The van der Waals surface area contributed by atoms with Gasteiger partial charge in [0.2, 0.25) is 0 Å². The Labute approximate surface area is 138 Å². The van der Waals surface area contributed by atoms with E-state index >= 15 is 0 Å². The van der Waals surface area contributed by atoms with E-state index in [1.165, 1.54) is 26.4 Å². The predicted molar refractivity (Wildman–Crippen MR) is 87.0 cm³/mol. The van der Waals surface area contributed by atoms with Crippen LogP contribution >= 0.6 is 31.9 Å². The molecule has 0 aromatic carbocycles. The first-order valence-corrected chi connectivity index (χ1v) is 9.14. The summed E-state index contributed by atoms with van der Waals surface area (Å²) in [4.78, 5) is 12.0. The molecule has 3 aliphatic rings. The maximum atomic E-state index is 12.0. The maximum absolute atomic E-state index is 12.0. The van der Waals surface area contributed by atoms with Gasteiger partial charge in [-0.25, -0.2) is 0 Å². The van der Waals surface area contributed by atoms with Crippen LogP contribution in [0, 0.1) is 28.1 Å². The van der Waals surface area contributed by atoms with Crippen LogP contribution in [-0.4, -0.2) is 16.3 Å².